The molecule has 2 aromatic carbocycles. The molecule has 26 heavy (non-hydrogen) atoms. The Balaban J connectivity index is 2.16. The maximum atomic E-state index is 12.7. The number of benzene rings is 2. The summed E-state index contributed by atoms with van der Waals surface area (Å²) >= 11 is 5.18. The number of rotatable bonds is 6. The fourth-order valence-corrected chi connectivity index (χ4v) is 4.09. The molecular formula is C19H25N3O2S2. The van der Waals surface area contributed by atoms with Gasteiger partial charge in [-0.15, -0.1) is 0 Å². The number of nitrogens with one attached hydrogen (secondary N) is 3. The molecule has 0 atom stereocenters. The van der Waals surface area contributed by atoms with Gasteiger partial charge in [-0.3, -0.25) is 4.72 Å². The van der Waals surface area contributed by atoms with Crippen LogP contribution in [-0.2, 0) is 10.0 Å². The molecule has 0 saturated heterocycles. The first kappa shape index (κ1) is 20.2. The van der Waals surface area contributed by atoms with E-state index in [-0.39, 0.29) is 4.90 Å². The molecule has 0 aromatic heterocycles. The maximum Gasteiger partial charge on any atom is 0.261 e. The van der Waals surface area contributed by atoms with Gasteiger partial charge in [0.15, 0.2) is 5.11 Å². The van der Waals surface area contributed by atoms with Gasteiger partial charge in [-0.25, -0.2) is 8.42 Å². The highest BCUT2D eigenvalue weighted by Crippen LogP contribution is 2.25. The average Bonchev–Trinajstić information content (AvgIpc) is 2.57. The lowest BCUT2D eigenvalue weighted by molar-refractivity contribution is 0.601. The zero-order chi connectivity index (χ0) is 19.3. The van der Waals surface area contributed by atoms with Crippen molar-refractivity contribution in [1.29, 1.82) is 0 Å². The van der Waals surface area contributed by atoms with Crippen LogP contribution in [0.25, 0.3) is 0 Å². The average molecular weight is 392 g/mol. The molecule has 0 aliphatic heterocycles. The molecule has 0 saturated carbocycles. The summed E-state index contributed by atoms with van der Waals surface area (Å²) in [6.07, 6.45) is 0.975. The minimum atomic E-state index is -3.66. The molecule has 5 nitrogen and oxygen atoms in total. The minimum absolute atomic E-state index is 0.204. The predicted molar refractivity (Wildman–Crippen MR) is 112 cm³/mol. The summed E-state index contributed by atoms with van der Waals surface area (Å²) in [4.78, 5) is 0.204. The lowest BCUT2D eigenvalue weighted by Gasteiger charge is -2.15. The standard InChI is InChI=1S/C19H25N3O2S2/c1-5-10-20-19(25)21-16-6-8-17(9-7-16)26(23,24)22-18-14(3)11-13(2)12-15(18)4/h6-9,11-12,22H,5,10H2,1-4H3,(H2,20,21,25). The second-order valence-corrected chi connectivity index (χ2v) is 8.38. The number of sulfonamides is 1. The summed E-state index contributed by atoms with van der Waals surface area (Å²) in [7, 11) is -3.66. The Labute approximate surface area is 161 Å². The van der Waals surface area contributed by atoms with Crippen LogP contribution in [0.1, 0.15) is 30.0 Å². The fourth-order valence-electron chi connectivity index (χ4n) is 2.67. The monoisotopic (exact) mass is 391 g/mol. The van der Waals surface area contributed by atoms with Gasteiger partial charge in [-0.1, -0.05) is 24.6 Å². The second kappa shape index (κ2) is 8.51. The van der Waals surface area contributed by atoms with Crippen molar-refractivity contribution in [2.45, 2.75) is 39.0 Å². The lowest BCUT2D eigenvalue weighted by atomic mass is 10.1. The molecule has 0 aliphatic rings. The van der Waals surface area contributed by atoms with Crippen molar-refractivity contribution in [1.82, 2.24) is 5.32 Å². The van der Waals surface area contributed by atoms with Crippen LogP contribution in [0.3, 0.4) is 0 Å². The van der Waals surface area contributed by atoms with Gasteiger partial charge in [0, 0.05) is 12.2 Å². The van der Waals surface area contributed by atoms with E-state index in [0.29, 0.717) is 10.8 Å². The molecule has 0 radical (unpaired) electrons. The molecule has 2 rings (SSSR count). The third-order valence-corrected chi connectivity index (χ3v) is 5.48. The third kappa shape index (κ3) is 5.19. The van der Waals surface area contributed by atoms with Gasteiger partial charge in [0.2, 0.25) is 0 Å². The quantitative estimate of drug-likeness (QED) is 0.647. The van der Waals surface area contributed by atoms with Crippen molar-refractivity contribution in [2.75, 3.05) is 16.6 Å². The molecule has 0 unspecified atom stereocenters. The number of aryl methyl sites for hydroxylation is 3. The van der Waals surface area contributed by atoms with Crippen LogP contribution < -0.4 is 15.4 Å². The van der Waals surface area contributed by atoms with Crippen LogP contribution in [0.4, 0.5) is 11.4 Å². The normalized spacial score (nSPS) is 11.1. The summed E-state index contributed by atoms with van der Waals surface area (Å²) in [5.41, 5.74) is 4.27. The first-order valence-electron chi connectivity index (χ1n) is 8.48. The second-order valence-electron chi connectivity index (χ2n) is 6.28. The Morgan fingerprint density at radius 2 is 1.62 bits per heavy atom. The van der Waals surface area contributed by atoms with Gasteiger partial charge in [-0.2, -0.15) is 0 Å². The first-order chi connectivity index (χ1) is 12.2. The fraction of sp³-hybridized carbons (Fsp3) is 0.316. The summed E-state index contributed by atoms with van der Waals surface area (Å²) in [5, 5.41) is 6.62. The van der Waals surface area contributed by atoms with Crippen LogP contribution in [0.2, 0.25) is 0 Å². The Hall–Kier alpha value is -2.12. The van der Waals surface area contributed by atoms with Gasteiger partial charge in [0.1, 0.15) is 0 Å². The summed E-state index contributed by atoms with van der Waals surface area (Å²) in [6, 6.07) is 10.4. The van der Waals surface area contributed by atoms with E-state index < -0.39 is 10.0 Å². The van der Waals surface area contributed by atoms with Crippen molar-refractivity contribution < 1.29 is 8.42 Å². The van der Waals surface area contributed by atoms with E-state index in [2.05, 4.69) is 22.3 Å². The van der Waals surface area contributed by atoms with Crippen molar-refractivity contribution in [3.8, 4) is 0 Å². The van der Waals surface area contributed by atoms with E-state index in [9.17, 15) is 8.42 Å². The van der Waals surface area contributed by atoms with Crippen LogP contribution in [0.5, 0.6) is 0 Å². The molecule has 7 heteroatoms. The zero-order valence-corrected chi connectivity index (χ0v) is 17.1. The van der Waals surface area contributed by atoms with Gasteiger partial charge < -0.3 is 10.6 Å². The Morgan fingerprint density at radius 3 is 2.15 bits per heavy atom. The largest absolute Gasteiger partial charge is 0.362 e. The van der Waals surface area contributed by atoms with Crippen LogP contribution >= 0.6 is 12.2 Å². The number of hydrogen-bond acceptors (Lipinski definition) is 3. The molecule has 140 valence electrons. The Kier molecular flexibility index (Phi) is 6.61. The third-order valence-electron chi connectivity index (χ3n) is 3.87. The highest BCUT2D eigenvalue weighted by Gasteiger charge is 2.17. The molecule has 3 N–H and O–H groups in total. The first-order valence-corrected chi connectivity index (χ1v) is 10.4. The molecule has 0 fully saturated rings. The van der Waals surface area contributed by atoms with Crippen LogP contribution in [0.15, 0.2) is 41.3 Å². The molecule has 0 heterocycles. The van der Waals surface area contributed by atoms with Crippen molar-refractivity contribution in [2.24, 2.45) is 0 Å². The molecule has 0 amide bonds. The summed E-state index contributed by atoms with van der Waals surface area (Å²) in [6.45, 7) is 8.63. The van der Waals surface area contributed by atoms with E-state index in [1.165, 1.54) is 0 Å². The summed E-state index contributed by atoms with van der Waals surface area (Å²) in [5.74, 6) is 0. The molecule has 0 spiro atoms. The predicted octanol–water partition coefficient (Wildman–Crippen LogP) is 4.11. The van der Waals surface area contributed by atoms with E-state index in [1.54, 1.807) is 24.3 Å². The highest BCUT2D eigenvalue weighted by atomic mass is 32.2. The van der Waals surface area contributed by atoms with Crippen LogP contribution in [-0.4, -0.2) is 20.1 Å². The smallest absolute Gasteiger partial charge is 0.261 e. The molecule has 0 bridgehead atoms. The van der Waals surface area contributed by atoms with Gasteiger partial charge >= 0.3 is 0 Å². The van der Waals surface area contributed by atoms with E-state index in [1.807, 2.05) is 32.9 Å². The van der Waals surface area contributed by atoms with Gasteiger partial charge in [-0.05, 0) is 74.8 Å². The summed E-state index contributed by atoms with van der Waals surface area (Å²) < 4.78 is 28.1. The van der Waals surface area contributed by atoms with Crippen molar-refractivity contribution >= 4 is 38.7 Å². The number of thiocarbonyl (C=S) groups is 1. The maximum absolute atomic E-state index is 12.7. The van der Waals surface area contributed by atoms with E-state index in [0.717, 1.165) is 35.3 Å². The van der Waals surface area contributed by atoms with Crippen LogP contribution in [0, 0.1) is 20.8 Å². The van der Waals surface area contributed by atoms with Crippen molar-refractivity contribution in [3.63, 3.8) is 0 Å². The molecular weight excluding hydrogens is 366 g/mol. The Bertz CT molecular complexity index is 868. The Morgan fingerprint density at radius 1 is 1.04 bits per heavy atom. The van der Waals surface area contributed by atoms with E-state index in [4.69, 9.17) is 12.2 Å². The highest BCUT2D eigenvalue weighted by molar-refractivity contribution is 7.92. The minimum Gasteiger partial charge on any atom is -0.362 e. The zero-order valence-electron chi connectivity index (χ0n) is 15.5. The van der Waals surface area contributed by atoms with Gasteiger partial charge in [0.05, 0.1) is 10.6 Å². The SMILES string of the molecule is CCCNC(=S)Nc1ccc(S(=O)(=O)Nc2c(C)cc(C)cc2C)cc1. The lowest BCUT2D eigenvalue weighted by Crippen LogP contribution is -2.28. The number of hydrogen-bond donors (Lipinski definition) is 3. The molecule has 0 aliphatic carbocycles. The topological polar surface area (TPSA) is 70.2 Å². The number of anilines is 2. The molecule has 2 aromatic rings. The van der Waals surface area contributed by atoms with E-state index >= 15 is 0 Å². The van der Waals surface area contributed by atoms with Crippen molar-refractivity contribution in [3.05, 3.63) is 53.1 Å². The van der Waals surface area contributed by atoms with Gasteiger partial charge in [0.25, 0.3) is 10.0 Å².